The Balaban J connectivity index is 1.25. The minimum Gasteiger partial charge on any atom is -0.508 e. The van der Waals surface area contributed by atoms with Crippen LogP contribution in [0.4, 0.5) is 10.2 Å². The molecule has 4 aromatic rings. The molecular formula is C33H36FN5O3. The third-order valence-electron chi connectivity index (χ3n) is 10.2. The second-order valence-corrected chi connectivity index (χ2v) is 12.8. The van der Waals surface area contributed by atoms with Gasteiger partial charge in [-0.2, -0.15) is 9.97 Å². The molecule has 4 saturated heterocycles. The molecule has 0 saturated carbocycles. The Morgan fingerprint density at radius 3 is 2.64 bits per heavy atom. The molecule has 6 heterocycles. The summed E-state index contributed by atoms with van der Waals surface area (Å²) in [5.74, 6) is 0.202. The number of aromatic nitrogens is 3. The molecule has 8 rings (SSSR count). The highest BCUT2D eigenvalue weighted by molar-refractivity contribution is 5.99. The van der Waals surface area contributed by atoms with Gasteiger partial charge in [-0.05, 0) is 80.9 Å². The number of nitrogens with zero attached hydrogens (tertiary/aromatic N) is 5. The fourth-order valence-electron chi connectivity index (χ4n) is 8.03. The molecule has 2 aromatic heterocycles. The third-order valence-corrected chi connectivity index (χ3v) is 10.2. The van der Waals surface area contributed by atoms with Crippen molar-refractivity contribution in [2.45, 2.75) is 50.5 Å². The number of rotatable bonds is 5. The van der Waals surface area contributed by atoms with Crippen LogP contribution in [0, 0.1) is 11.2 Å². The van der Waals surface area contributed by atoms with Gasteiger partial charge in [-0.15, -0.1) is 0 Å². The third kappa shape index (κ3) is 4.28. The summed E-state index contributed by atoms with van der Waals surface area (Å²) < 4.78 is 28.9. The fraction of sp³-hybridized carbons (Fsp3) is 0.485. The van der Waals surface area contributed by atoms with E-state index in [0.29, 0.717) is 23.4 Å². The van der Waals surface area contributed by atoms with Gasteiger partial charge in [0.05, 0.1) is 17.5 Å². The number of fused-ring (bicyclic) bond motifs is 3. The quantitative estimate of drug-likeness (QED) is 0.328. The molecule has 4 fully saturated rings. The normalized spacial score (nSPS) is 23.8. The summed E-state index contributed by atoms with van der Waals surface area (Å²) in [5, 5.41) is 12.7. The zero-order chi connectivity index (χ0) is 28.3. The lowest BCUT2D eigenvalue weighted by Crippen LogP contribution is -2.44. The number of hydrogen-bond acceptors (Lipinski definition) is 8. The summed E-state index contributed by atoms with van der Waals surface area (Å²) in [7, 11) is 0. The van der Waals surface area contributed by atoms with E-state index in [2.05, 4.69) is 14.8 Å². The summed E-state index contributed by atoms with van der Waals surface area (Å²) in [4.78, 5) is 19.1. The van der Waals surface area contributed by atoms with Crippen LogP contribution in [0.15, 0.2) is 42.6 Å². The molecule has 0 bridgehead atoms. The molecule has 0 radical (unpaired) electrons. The zero-order valence-corrected chi connectivity index (χ0v) is 23.8. The van der Waals surface area contributed by atoms with Gasteiger partial charge in [-0.25, -0.2) is 4.39 Å². The van der Waals surface area contributed by atoms with Crippen molar-refractivity contribution < 1.29 is 19.0 Å². The first-order valence-electron chi connectivity index (χ1n) is 15.3. The molecule has 218 valence electrons. The van der Waals surface area contributed by atoms with Crippen LogP contribution >= 0.6 is 0 Å². The molecule has 4 aliphatic rings. The van der Waals surface area contributed by atoms with E-state index >= 15 is 4.39 Å². The predicted molar refractivity (Wildman–Crippen MR) is 159 cm³/mol. The van der Waals surface area contributed by atoms with Crippen molar-refractivity contribution in [3.8, 4) is 23.0 Å². The van der Waals surface area contributed by atoms with E-state index < -0.39 is 5.82 Å². The molecule has 1 N–H and O–H groups in total. The smallest absolute Gasteiger partial charge is 0.319 e. The fourth-order valence-corrected chi connectivity index (χ4v) is 8.03. The van der Waals surface area contributed by atoms with Gasteiger partial charge in [0.25, 0.3) is 0 Å². The lowest BCUT2D eigenvalue weighted by atomic mass is 9.79. The molecule has 4 aliphatic heterocycles. The minimum absolute atomic E-state index is 0.0251. The van der Waals surface area contributed by atoms with Crippen molar-refractivity contribution >= 4 is 27.5 Å². The van der Waals surface area contributed by atoms with E-state index in [4.69, 9.17) is 19.4 Å². The Morgan fingerprint density at radius 1 is 0.976 bits per heavy atom. The van der Waals surface area contributed by atoms with E-state index in [0.717, 1.165) is 82.3 Å². The van der Waals surface area contributed by atoms with Crippen molar-refractivity contribution in [1.29, 1.82) is 0 Å². The highest BCUT2D eigenvalue weighted by Gasteiger charge is 2.45. The van der Waals surface area contributed by atoms with Crippen molar-refractivity contribution in [1.82, 2.24) is 19.9 Å². The number of halogens is 1. The number of benzene rings is 2. The van der Waals surface area contributed by atoms with Gasteiger partial charge in [0.15, 0.2) is 5.82 Å². The summed E-state index contributed by atoms with van der Waals surface area (Å²) in [6.07, 6.45) is 9.41. The van der Waals surface area contributed by atoms with Gasteiger partial charge in [0.1, 0.15) is 29.4 Å². The lowest BCUT2D eigenvalue weighted by Gasteiger charge is -2.40. The van der Waals surface area contributed by atoms with Crippen molar-refractivity contribution in [2.24, 2.45) is 5.41 Å². The van der Waals surface area contributed by atoms with Crippen molar-refractivity contribution in [3.05, 3.63) is 48.4 Å². The SMILES string of the molecule is Oc1cc(-c2ncc3c(N4CCCC5(CCOC5)C4)nc(OCC45CCCN4CCC5)nc3c2F)c2ccccc2c1. The average molecular weight is 570 g/mol. The van der Waals surface area contributed by atoms with Gasteiger partial charge in [-0.1, -0.05) is 24.3 Å². The Morgan fingerprint density at radius 2 is 1.81 bits per heavy atom. The molecular weight excluding hydrogens is 533 g/mol. The van der Waals surface area contributed by atoms with Gasteiger partial charge in [0, 0.05) is 36.9 Å². The van der Waals surface area contributed by atoms with Crippen LogP contribution in [0.2, 0.25) is 0 Å². The lowest BCUT2D eigenvalue weighted by molar-refractivity contribution is 0.107. The molecule has 9 heteroatoms. The molecule has 0 aliphatic carbocycles. The summed E-state index contributed by atoms with van der Waals surface area (Å²) >= 11 is 0. The molecule has 1 spiro atoms. The monoisotopic (exact) mass is 569 g/mol. The number of ether oxygens (including phenoxy) is 2. The molecule has 42 heavy (non-hydrogen) atoms. The molecule has 0 amide bonds. The van der Waals surface area contributed by atoms with Crippen LogP contribution in [0.3, 0.4) is 0 Å². The molecule has 1 unspecified atom stereocenters. The molecule has 1 atom stereocenters. The predicted octanol–water partition coefficient (Wildman–Crippen LogP) is 5.70. The Hall–Kier alpha value is -3.56. The largest absolute Gasteiger partial charge is 0.508 e. The molecule has 8 nitrogen and oxygen atoms in total. The number of phenols is 1. The number of pyridine rings is 1. The maximum absolute atomic E-state index is 16.7. The minimum atomic E-state index is -0.533. The number of aromatic hydroxyl groups is 1. The van der Waals surface area contributed by atoms with Crippen LogP contribution in [-0.2, 0) is 4.74 Å². The zero-order valence-electron chi connectivity index (χ0n) is 23.8. The highest BCUT2D eigenvalue weighted by Crippen LogP contribution is 2.43. The van der Waals surface area contributed by atoms with Gasteiger partial charge < -0.3 is 19.5 Å². The highest BCUT2D eigenvalue weighted by atomic mass is 19.1. The summed E-state index contributed by atoms with van der Waals surface area (Å²) in [6, 6.07) is 11.1. The van der Waals surface area contributed by atoms with Crippen LogP contribution in [0.5, 0.6) is 11.8 Å². The summed E-state index contributed by atoms with van der Waals surface area (Å²) in [6.45, 7) is 5.87. The second kappa shape index (κ2) is 10.0. The van der Waals surface area contributed by atoms with Gasteiger partial charge in [-0.3, -0.25) is 9.88 Å². The first-order valence-corrected chi connectivity index (χ1v) is 15.3. The first-order chi connectivity index (χ1) is 20.5. The number of hydrogen-bond donors (Lipinski definition) is 1. The van der Waals surface area contributed by atoms with Crippen molar-refractivity contribution in [3.63, 3.8) is 0 Å². The van der Waals surface area contributed by atoms with E-state index in [9.17, 15) is 5.11 Å². The topological polar surface area (TPSA) is 83.8 Å². The van der Waals surface area contributed by atoms with Crippen LogP contribution in [-0.4, -0.2) is 76.5 Å². The van der Waals surface area contributed by atoms with E-state index in [1.807, 2.05) is 24.3 Å². The number of phenolic OH excluding ortho intramolecular Hbond substituents is 1. The standard InChI is InChI=1S/C33H36FN5O3/c34-27-28(25-17-23(40)16-22-6-1-2-7-24(22)25)35-18-26-29(27)36-31(42-21-33-9-4-13-39(33)14-5-10-33)37-30(26)38-12-3-8-32(19-38)11-15-41-20-32/h1-2,6-7,16-18,40H,3-5,8-15,19-21H2. The maximum atomic E-state index is 16.7. The summed E-state index contributed by atoms with van der Waals surface area (Å²) in [5.41, 5.74) is 0.995. The number of piperidine rings is 1. The Bertz CT molecular complexity index is 1660. The van der Waals surface area contributed by atoms with E-state index in [1.165, 1.54) is 12.8 Å². The molecule has 2 aromatic carbocycles. The maximum Gasteiger partial charge on any atom is 0.319 e. The van der Waals surface area contributed by atoms with Crippen molar-refractivity contribution in [2.75, 3.05) is 50.9 Å². The van der Waals surface area contributed by atoms with E-state index in [-0.39, 0.29) is 33.9 Å². The second-order valence-electron chi connectivity index (χ2n) is 12.8. The Labute approximate surface area is 244 Å². The van der Waals surface area contributed by atoms with Crippen LogP contribution in [0.25, 0.3) is 32.9 Å². The van der Waals surface area contributed by atoms with Crippen LogP contribution in [0.1, 0.15) is 44.9 Å². The van der Waals surface area contributed by atoms with Gasteiger partial charge >= 0.3 is 6.01 Å². The Kier molecular flexibility index (Phi) is 6.23. The van der Waals surface area contributed by atoms with Crippen LogP contribution < -0.4 is 9.64 Å². The van der Waals surface area contributed by atoms with Gasteiger partial charge in [0.2, 0.25) is 0 Å². The van der Waals surface area contributed by atoms with E-state index in [1.54, 1.807) is 18.3 Å². The average Bonchev–Trinajstić information content (AvgIpc) is 3.72. The number of anilines is 1. The first kappa shape index (κ1) is 26.1.